The third-order valence-corrected chi connectivity index (χ3v) is 2.26. The molecule has 0 unspecified atom stereocenters. The van der Waals surface area contributed by atoms with Crippen molar-refractivity contribution >= 4 is 34.2 Å². The molecule has 1 rings (SSSR count). The van der Waals surface area contributed by atoms with E-state index in [0.29, 0.717) is 11.0 Å². The maximum Gasteiger partial charge on any atom is 0.410 e. The summed E-state index contributed by atoms with van der Waals surface area (Å²) in [5, 5.41) is 10.8. The second-order valence-electron chi connectivity index (χ2n) is 1.70. The number of hydrogen-bond donors (Lipinski definition) is 2. The molecule has 0 aromatic carbocycles. The fourth-order valence-electron chi connectivity index (χ4n) is 0.519. The van der Waals surface area contributed by atoms with E-state index in [9.17, 15) is 4.79 Å². The fraction of sp³-hybridized carbons (Fsp3) is 0.200. The lowest BCUT2D eigenvalue weighted by Crippen LogP contribution is -2.06. The van der Waals surface area contributed by atoms with Gasteiger partial charge in [-0.25, -0.2) is 9.78 Å². The van der Waals surface area contributed by atoms with Crippen LogP contribution in [-0.2, 0) is 5.88 Å². The third kappa shape index (κ3) is 2.36. The van der Waals surface area contributed by atoms with E-state index in [1.165, 1.54) is 11.3 Å². The first kappa shape index (κ1) is 8.29. The van der Waals surface area contributed by atoms with Gasteiger partial charge in [-0.2, -0.15) is 0 Å². The Hall–Kier alpha value is -0.810. The second kappa shape index (κ2) is 3.54. The molecule has 0 radical (unpaired) electrons. The van der Waals surface area contributed by atoms with E-state index >= 15 is 0 Å². The molecule has 0 spiro atoms. The maximum atomic E-state index is 10.1. The Balaban J connectivity index is 2.65. The van der Waals surface area contributed by atoms with Crippen molar-refractivity contribution in [2.75, 3.05) is 5.32 Å². The molecule has 4 nitrogen and oxygen atoms in total. The number of rotatable bonds is 2. The Morgan fingerprint density at radius 2 is 2.64 bits per heavy atom. The fourth-order valence-corrected chi connectivity index (χ4v) is 1.40. The number of halogens is 1. The summed E-state index contributed by atoms with van der Waals surface area (Å²) in [5.41, 5.74) is 0. The van der Waals surface area contributed by atoms with E-state index in [-0.39, 0.29) is 0 Å². The van der Waals surface area contributed by atoms with Gasteiger partial charge in [0.15, 0.2) is 5.13 Å². The van der Waals surface area contributed by atoms with Crippen LogP contribution in [0.5, 0.6) is 0 Å². The quantitative estimate of drug-likeness (QED) is 0.705. The zero-order valence-corrected chi connectivity index (χ0v) is 6.95. The molecule has 0 aliphatic carbocycles. The van der Waals surface area contributed by atoms with Crippen molar-refractivity contribution in [3.8, 4) is 0 Å². The van der Waals surface area contributed by atoms with Crippen molar-refractivity contribution in [1.29, 1.82) is 0 Å². The Labute approximate surface area is 71.8 Å². The number of thiazole rings is 1. The summed E-state index contributed by atoms with van der Waals surface area (Å²) >= 11 is 6.70. The molecule has 1 amide bonds. The minimum absolute atomic E-state index is 0.355. The van der Waals surface area contributed by atoms with E-state index in [1.807, 2.05) is 0 Å². The molecule has 1 heterocycles. The number of amides is 1. The Bertz CT molecular complexity index is 263. The van der Waals surface area contributed by atoms with Crippen LogP contribution in [0.1, 0.15) is 4.88 Å². The third-order valence-electron chi connectivity index (χ3n) is 0.899. The van der Waals surface area contributed by atoms with Gasteiger partial charge in [-0.1, -0.05) is 0 Å². The number of aromatic nitrogens is 1. The minimum atomic E-state index is -1.11. The standard InChI is InChI=1S/C5H5ClN2O2S/c6-1-3-2-7-4(11-3)8-5(9)10/h2H,1H2,(H,7,8)(H,9,10). The molecule has 60 valence electrons. The summed E-state index contributed by atoms with van der Waals surface area (Å²) < 4.78 is 0. The number of nitrogens with one attached hydrogen (secondary N) is 1. The predicted octanol–water partition coefficient (Wildman–Crippen LogP) is 1.97. The molecule has 11 heavy (non-hydrogen) atoms. The van der Waals surface area contributed by atoms with Gasteiger partial charge in [0, 0.05) is 11.1 Å². The number of nitrogens with zero attached hydrogens (tertiary/aromatic N) is 1. The highest BCUT2D eigenvalue weighted by molar-refractivity contribution is 7.15. The zero-order valence-electron chi connectivity index (χ0n) is 5.37. The van der Waals surface area contributed by atoms with Crippen LogP contribution < -0.4 is 5.32 Å². The number of anilines is 1. The average molecular weight is 193 g/mol. The zero-order chi connectivity index (χ0) is 8.27. The minimum Gasteiger partial charge on any atom is -0.465 e. The first-order valence-corrected chi connectivity index (χ1v) is 4.08. The molecular weight excluding hydrogens is 188 g/mol. The van der Waals surface area contributed by atoms with E-state index in [4.69, 9.17) is 16.7 Å². The lowest BCUT2D eigenvalue weighted by atomic mass is 10.6. The van der Waals surface area contributed by atoms with Gasteiger partial charge in [0.2, 0.25) is 0 Å². The monoisotopic (exact) mass is 192 g/mol. The van der Waals surface area contributed by atoms with Crippen molar-refractivity contribution in [2.24, 2.45) is 0 Å². The number of alkyl halides is 1. The van der Waals surface area contributed by atoms with Crippen molar-refractivity contribution < 1.29 is 9.90 Å². The molecule has 0 fully saturated rings. The van der Waals surface area contributed by atoms with Crippen LogP contribution in [0.15, 0.2) is 6.20 Å². The molecule has 0 aliphatic heterocycles. The normalized spacial score (nSPS) is 9.55. The summed E-state index contributed by atoms with van der Waals surface area (Å²) in [6, 6.07) is 0. The Morgan fingerprint density at radius 3 is 3.09 bits per heavy atom. The summed E-state index contributed by atoms with van der Waals surface area (Å²) in [6.07, 6.45) is 0.434. The predicted molar refractivity (Wildman–Crippen MR) is 43.3 cm³/mol. The highest BCUT2D eigenvalue weighted by Crippen LogP contribution is 2.18. The Morgan fingerprint density at radius 1 is 1.91 bits per heavy atom. The molecule has 1 aromatic rings. The SMILES string of the molecule is O=C(O)Nc1ncc(CCl)s1. The van der Waals surface area contributed by atoms with Gasteiger partial charge in [-0.3, -0.25) is 5.32 Å². The van der Waals surface area contributed by atoms with Gasteiger partial charge in [0.1, 0.15) is 0 Å². The summed E-state index contributed by atoms with van der Waals surface area (Å²) in [7, 11) is 0. The number of carbonyl (C=O) groups is 1. The molecule has 0 aliphatic rings. The van der Waals surface area contributed by atoms with Crippen LogP contribution in [-0.4, -0.2) is 16.2 Å². The molecule has 1 aromatic heterocycles. The van der Waals surface area contributed by atoms with E-state index in [2.05, 4.69) is 10.3 Å². The molecule has 2 N–H and O–H groups in total. The number of hydrogen-bond acceptors (Lipinski definition) is 3. The lowest BCUT2D eigenvalue weighted by molar-refractivity contribution is 0.209. The van der Waals surface area contributed by atoms with Crippen LogP contribution in [0.2, 0.25) is 0 Å². The first-order chi connectivity index (χ1) is 5.22. The van der Waals surface area contributed by atoms with E-state index < -0.39 is 6.09 Å². The largest absolute Gasteiger partial charge is 0.465 e. The van der Waals surface area contributed by atoms with Crippen molar-refractivity contribution in [3.63, 3.8) is 0 Å². The highest BCUT2D eigenvalue weighted by atomic mass is 35.5. The molecule has 6 heteroatoms. The molecule has 0 bridgehead atoms. The topological polar surface area (TPSA) is 62.2 Å². The van der Waals surface area contributed by atoms with Crippen molar-refractivity contribution in [1.82, 2.24) is 4.98 Å². The van der Waals surface area contributed by atoms with Gasteiger partial charge in [0.25, 0.3) is 0 Å². The summed E-state index contributed by atoms with van der Waals surface area (Å²) in [4.78, 5) is 14.7. The van der Waals surface area contributed by atoms with Gasteiger partial charge < -0.3 is 5.11 Å². The average Bonchev–Trinajstić information content (AvgIpc) is 2.34. The van der Waals surface area contributed by atoms with Gasteiger partial charge >= 0.3 is 6.09 Å². The Kier molecular flexibility index (Phi) is 2.67. The molecule has 0 saturated carbocycles. The molecule has 0 saturated heterocycles. The molecule has 0 atom stereocenters. The summed E-state index contributed by atoms with van der Waals surface area (Å²) in [6.45, 7) is 0. The number of carboxylic acid groups (broad SMARTS) is 1. The lowest BCUT2D eigenvalue weighted by Gasteiger charge is -1.90. The van der Waals surface area contributed by atoms with Crippen LogP contribution in [0.25, 0.3) is 0 Å². The van der Waals surface area contributed by atoms with Crippen LogP contribution in [0.4, 0.5) is 9.93 Å². The van der Waals surface area contributed by atoms with Crippen LogP contribution in [0.3, 0.4) is 0 Å². The van der Waals surface area contributed by atoms with Crippen LogP contribution in [0, 0.1) is 0 Å². The van der Waals surface area contributed by atoms with E-state index in [0.717, 1.165) is 4.88 Å². The van der Waals surface area contributed by atoms with E-state index in [1.54, 1.807) is 6.20 Å². The van der Waals surface area contributed by atoms with Gasteiger partial charge in [0.05, 0.1) is 5.88 Å². The summed E-state index contributed by atoms with van der Waals surface area (Å²) in [5.74, 6) is 0.360. The van der Waals surface area contributed by atoms with Crippen molar-refractivity contribution in [3.05, 3.63) is 11.1 Å². The van der Waals surface area contributed by atoms with Gasteiger partial charge in [-0.15, -0.1) is 22.9 Å². The first-order valence-electron chi connectivity index (χ1n) is 2.73. The highest BCUT2D eigenvalue weighted by Gasteiger charge is 2.02. The van der Waals surface area contributed by atoms with Gasteiger partial charge in [-0.05, 0) is 0 Å². The van der Waals surface area contributed by atoms with Crippen molar-refractivity contribution in [2.45, 2.75) is 5.88 Å². The maximum absolute atomic E-state index is 10.1. The molecular formula is C5H5ClN2O2S. The second-order valence-corrected chi connectivity index (χ2v) is 3.08. The van der Waals surface area contributed by atoms with Crippen LogP contribution >= 0.6 is 22.9 Å². The smallest absolute Gasteiger partial charge is 0.410 e.